The monoisotopic (exact) mass is 372 g/mol. The molecule has 1 aromatic heterocycles. The standard InChI is InChI=1S/C14H17BrN4O.ClH/c1-16-8-7-14(20)18-13-6-9-17-19(13)10-11-2-4-12(15)5-3-11;/h2-6,9,16H,7-8,10H2,1H3,(H,18,20);1H. The Hall–Kier alpha value is -1.37. The smallest absolute Gasteiger partial charge is 0.226 e. The lowest BCUT2D eigenvalue weighted by atomic mass is 10.2. The van der Waals surface area contributed by atoms with E-state index in [1.54, 1.807) is 16.9 Å². The van der Waals surface area contributed by atoms with E-state index in [0.717, 1.165) is 10.0 Å². The molecule has 2 aromatic rings. The van der Waals surface area contributed by atoms with Gasteiger partial charge in [0.1, 0.15) is 5.82 Å². The third-order valence-corrected chi connectivity index (χ3v) is 3.36. The first-order chi connectivity index (χ1) is 9.69. The molecule has 0 radical (unpaired) electrons. The molecule has 0 aliphatic rings. The molecule has 2 rings (SSSR count). The molecule has 0 saturated heterocycles. The topological polar surface area (TPSA) is 59.0 Å². The largest absolute Gasteiger partial charge is 0.319 e. The number of carbonyl (C=O) groups excluding carboxylic acids is 1. The molecule has 114 valence electrons. The number of aromatic nitrogens is 2. The summed E-state index contributed by atoms with van der Waals surface area (Å²) in [6, 6.07) is 9.83. The number of nitrogens with one attached hydrogen (secondary N) is 2. The van der Waals surface area contributed by atoms with Crippen LogP contribution in [0.15, 0.2) is 41.0 Å². The van der Waals surface area contributed by atoms with E-state index >= 15 is 0 Å². The number of halogens is 2. The van der Waals surface area contributed by atoms with Crippen LogP contribution in [0.2, 0.25) is 0 Å². The molecule has 0 unspecified atom stereocenters. The van der Waals surface area contributed by atoms with Gasteiger partial charge in [-0.05, 0) is 24.7 Å². The normalized spacial score (nSPS) is 10.0. The Morgan fingerprint density at radius 2 is 2.00 bits per heavy atom. The lowest BCUT2D eigenvalue weighted by molar-refractivity contribution is -0.116. The third-order valence-electron chi connectivity index (χ3n) is 2.83. The SMILES string of the molecule is CNCCC(=O)Nc1ccnn1Cc1ccc(Br)cc1.Cl. The highest BCUT2D eigenvalue weighted by Gasteiger charge is 2.07. The minimum absolute atomic E-state index is 0. The maximum Gasteiger partial charge on any atom is 0.226 e. The lowest BCUT2D eigenvalue weighted by Gasteiger charge is -2.09. The minimum Gasteiger partial charge on any atom is -0.319 e. The zero-order valence-electron chi connectivity index (χ0n) is 11.7. The molecule has 0 atom stereocenters. The van der Waals surface area contributed by atoms with Crippen molar-refractivity contribution in [1.29, 1.82) is 0 Å². The predicted octanol–water partition coefficient (Wildman–Crippen LogP) is 2.66. The Kier molecular flexibility index (Phi) is 7.42. The zero-order chi connectivity index (χ0) is 14.4. The van der Waals surface area contributed by atoms with Gasteiger partial charge in [0.2, 0.25) is 5.91 Å². The van der Waals surface area contributed by atoms with Crippen LogP contribution in [0.25, 0.3) is 0 Å². The molecule has 1 heterocycles. The van der Waals surface area contributed by atoms with E-state index in [4.69, 9.17) is 0 Å². The van der Waals surface area contributed by atoms with Crippen LogP contribution in [0.5, 0.6) is 0 Å². The zero-order valence-corrected chi connectivity index (χ0v) is 14.1. The average Bonchev–Trinajstić information content (AvgIpc) is 2.86. The summed E-state index contributed by atoms with van der Waals surface area (Å²) in [5, 5.41) is 10.1. The molecule has 2 N–H and O–H groups in total. The predicted molar refractivity (Wildman–Crippen MR) is 89.9 cm³/mol. The number of hydrogen-bond acceptors (Lipinski definition) is 3. The molecule has 0 spiro atoms. The number of benzene rings is 1. The van der Waals surface area contributed by atoms with Gasteiger partial charge >= 0.3 is 0 Å². The van der Waals surface area contributed by atoms with Crippen molar-refractivity contribution in [3.63, 3.8) is 0 Å². The fraction of sp³-hybridized carbons (Fsp3) is 0.286. The minimum atomic E-state index is -0.0168. The third kappa shape index (κ3) is 5.49. The van der Waals surface area contributed by atoms with Crippen LogP contribution < -0.4 is 10.6 Å². The number of rotatable bonds is 6. The van der Waals surface area contributed by atoms with Crippen molar-refractivity contribution in [2.75, 3.05) is 18.9 Å². The second-order valence-electron chi connectivity index (χ2n) is 4.40. The Labute approximate surface area is 138 Å². The fourth-order valence-electron chi connectivity index (χ4n) is 1.77. The molecular weight excluding hydrogens is 356 g/mol. The van der Waals surface area contributed by atoms with Crippen molar-refractivity contribution in [3.8, 4) is 0 Å². The second kappa shape index (κ2) is 8.81. The molecule has 0 aliphatic carbocycles. The molecule has 21 heavy (non-hydrogen) atoms. The van der Waals surface area contributed by atoms with Crippen LogP contribution in [-0.4, -0.2) is 29.3 Å². The average molecular weight is 374 g/mol. The van der Waals surface area contributed by atoms with E-state index in [-0.39, 0.29) is 18.3 Å². The van der Waals surface area contributed by atoms with E-state index < -0.39 is 0 Å². The Balaban J connectivity index is 0.00000220. The molecule has 0 fully saturated rings. The van der Waals surface area contributed by atoms with E-state index in [9.17, 15) is 4.79 Å². The van der Waals surface area contributed by atoms with Crippen LogP contribution >= 0.6 is 28.3 Å². The highest BCUT2D eigenvalue weighted by atomic mass is 79.9. The van der Waals surface area contributed by atoms with Gasteiger partial charge in [-0.2, -0.15) is 5.10 Å². The maximum absolute atomic E-state index is 11.7. The Bertz CT molecular complexity index is 571. The van der Waals surface area contributed by atoms with Gasteiger partial charge in [-0.1, -0.05) is 28.1 Å². The highest BCUT2D eigenvalue weighted by Crippen LogP contribution is 2.14. The summed E-state index contributed by atoms with van der Waals surface area (Å²) < 4.78 is 2.82. The quantitative estimate of drug-likeness (QED) is 0.818. The molecular formula is C14H18BrClN4O. The summed E-state index contributed by atoms with van der Waals surface area (Å²) in [7, 11) is 1.82. The van der Waals surface area contributed by atoms with Gasteiger partial charge < -0.3 is 10.6 Å². The lowest BCUT2D eigenvalue weighted by Crippen LogP contribution is -2.20. The Morgan fingerprint density at radius 3 is 2.67 bits per heavy atom. The summed E-state index contributed by atoms with van der Waals surface area (Å²) in [6.45, 7) is 1.29. The molecule has 1 aromatic carbocycles. The first-order valence-electron chi connectivity index (χ1n) is 6.40. The summed E-state index contributed by atoms with van der Waals surface area (Å²) in [5.41, 5.74) is 1.13. The number of amides is 1. The second-order valence-corrected chi connectivity index (χ2v) is 5.32. The van der Waals surface area contributed by atoms with Gasteiger partial charge in [0.05, 0.1) is 12.7 Å². The molecule has 0 aliphatic heterocycles. The van der Waals surface area contributed by atoms with E-state index in [0.29, 0.717) is 25.3 Å². The Morgan fingerprint density at radius 1 is 1.29 bits per heavy atom. The number of anilines is 1. The first kappa shape index (κ1) is 17.7. The van der Waals surface area contributed by atoms with Gasteiger partial charge in [0, 0.05) is 23.5 Å². The molecule has 1 amide bonds. The fourth-order valence-corrected chi connectivity index (χ4v) is 2.04. The van der Waals surface area contributed by atoms with Crippen LogP contribution in [0.3, 0.4) is 0 Å². The molecule has 0 saturated carbocycles. The number of hydrogen-bond donors (Lipinski definition) is 2. The van der Waals surface area contributed by atoms with Gasteiger partial charge in [-0.15, -0.1) is 12.4 Å². The number of nitrogens with zero attached hydrogens (tertiary/aromatic N) is 2. The van der Waals surface area contributed by atoms with Crippen molar-refractivity contribution >= 4 is 40.1 Å². The van der Waals surface area contributed by atoms with Crippen molar-refractivity contribution in [2.45, 2.75) is 13.0 Å². The van der Waals surface area contributed by atoms with Crippen molar-refractivity contribution in [2.24, 2.45) is 0 Å². The molecule has 5 nitrogen and oxygen atoms in total. The number of carbonyl (C=O) groups is 1. The van der Waals surface area contributed by atoms with Crippen LogP contribution in [0, 0.1) is 0 Å². The van der Waals surface area contributed by atoms with Crippen molar-refractivity contribution < 1.29 is 4.79 Å². The molecule has 0 bridgehead atoms. The van der Waals surface area contributed by atoms with Gasteiger partial charge in [-0.3, -0.25) is 4.79 Å². The van der Waals surface area contributed by atoms with E-state index in [1.807, 2.05) is 31.3 Å². The van der Waals surface area contributed by atoms with Gasteiger partial charge in [0.25, 0.3) is 0 Å². The molecule has 7 heteroatoms. The maximum atomic E-state index is 11.7. The summed E-state index contributed by atoms with van der Waals surface area (Å²) in [5.74, 6) is 0.700. The summed E-state index contributed by atoms with van der Waals surface area (Å²) in [6.07, 6.45) is 2.13. The van der Waals surface area contributed by atoms with Crippen LogP contribution in [0.4, 0.5) is 5.82 Å². The highest BCUT2D eigenvalue weighted by molar-refractivity contribution is 9.10. The first-order valence-corrected chi connectivity index (χ1v) is 7.19. The van der Waals surface area contributed by atoms with E-state index in [1.165, 1.54) is 0 Å². The van der Waals surface area contributed by atoms with Crippen LogP contribution in [0.1, 0.15) is 12.0 Å². The summed E-state index contributed by atoms with van der Waals surface area (Å²) >= 11 is 3.41. The van der Waals surface area contributed by atoms with E-state index in [2.05, 4.69) is 31.7 Å². The summed E-state index contributed by atoms with van der Waals surface area (Å²) in [4.78, 5) is 11.7. The van der Waals surface area contributed by atoms with Crippen molar-refractivity contribution in [1.82, 2.24) is 15.1 Å². The van der Waals surface area contributed by atoms with Crippen LogP contribution in [-0.2, 0) is 11.3 Å². The van der Waals surface area contributed by atoms with Crippen molar-refractivity contribution in [3.05, 3.63) is 46.6 Å². The van der Waals surface area contributed by atoms with Gasteiger partial charge in [0.15, 0.2) is 0 Å². The van der Waals surface area contributed by atoms with Gasteiger partial charge in [-0.25, -0.2) is 4.68 Å².